The standard InChI is InChI=1S/C23H24N4O4S/c1-5-30-18-12-11-15(13-19(18)29-4)22-27(14(3)28)17-10-8-7-9-16(17)20-21(31-22)24-23(26-25-20)32-6-2/h7-13,22H,5-6H2,1-4H3. The molecule has 0 fully saturated rings. The molecule has 0 saturated heterocycles. The fourth-order valence-electron chi connectivity index (χ4n) is 3.57. The number of rotatable bonds is 6. The van der Waals surface area contributed by atoms with E-state index >= 15 is 0 Å². The topological polar surface area (TPSA) is 86.7 Å². The van der Waals surface area contributed by atoms with Crippen molar-refractivity contribution in [1.82, 2.24) is 15.2 Å². The minimum Gasteiger partial charge on any atom is -0.493 e. The Morgan fingerprint density at radius 3 is 2.69 bits per heavy atom. The van der Waals surface area contributed by atoms with Crippen molar-refractivity contribution < 1.29 is 19.0 Å². The summed E-state index contributed by atoms with van der Waals surface area (Å²) in [7, 11) is 1.58. The SMILES string of the molecule is CCOc1ccc(C2Oc3nc(SCC)nnc3-c3ccccc3N2C(C)=O)cc1OC. The quantitative estimate of drug-likeness (QED) is 0.505. The zero-order valence-corrected chi connectivity index (χ0v) is 19.2. The molecule has 1 amide bonds. The van der Waals surface area contributed by atoms with E-state index in [4.69, 9.17) is 14.2 Å². The van der Waals surface area contributed by atoms with Crippen LogP contribution < -0.4 is 19.1 Å². The van der Waals surface area contributed by atoms with E-state index in [1.54, 1.807) is 12.0 Å². The molecule has 0 spiro atoms. The molecule has 0 bridgehead atoms. The molecule has 1 atom stereocenters. The molecule has 2 aromatic carbocycles. The molecule has 1 aliphatic rings. The van der Waals surface area contributed by atoms with E-state index < -0.39 is 6.23 Å². The summed E-state index contributed by atoms with van der Waals surface area (Å²) in [6.07, 6.45) is -0.782. The summed E-state index contributed by atoms with van der Waals surface area (Å²) in [5, 5.41) is 9.14. The van der Waals surface area contributed by atoms with E-state index in [-0.39, 0.29) is 5.91 Å². The molecule has 2 heterocycles. The third-order valence-corrected chi connectivity index (χ3v) is 5.62. The second kappa shape index (κ2) is 9.44. The predicted octanol–water partition coefficient (Wildman–Crippen LogP) is 4.50. The minimum absolute atomic E-state index is 0.181. The van der Waals surface area contributed by atoms with Gasteiger partial charge in [-0.3, -0.25) is 9.69 Å². The minimum atomic E-state index is -0.782. The number of benzene rings is 2. The number of hydrogen-bond acceptors (Lipinski definition) is 8. The zero-order valence-electron chi connectivity index (χ0n) is 18.4. The third-order valence-electron chi connectivity index (χ3n) is 4.90. The lowest BCUT2D eigenvalue weighted by molar-refractivity contribution is -0.118. The Morgan fingerprint density at radius 1 is 1.16 bits per heavy atom. The largest absolute Gasteiger partial charge is 0.493 e. The number of hydrogen-bond donors (Lipinski definition) is 0. The van der Waals surface area contributed by atoms with Crippen molar-refractivity contribution in [3.63, 3.8) is 0 Å². The maximum atomic E-state index is 12.9. The molecule has 1 aliphatic heterocycles. The molecule has 4 rings (SSSR count). The molecule has 0 radical (unpaired) electrons. The van der Waals surface area contributed by atoms with Crippen LogP contribution in [0.15, 0.2) is 47.6 Å². The summed E-state index contributed by atoms with van der Waals surface area (Å²) >= 11 is 1.47. The fraction of sp³-hybridized carbons (Fsp3) is 0.304. The third kappa shape index (κ3) is 4.08. The lowest BCUT2D eigenvalue weighted by atomic mass is 10.1. The van der Waals surface area contributed by atoms with Gasteiger partial charge in [0, 0.05) is 18.1 Å². The number of anilines is 1. The van der Waals surface area contributed by atoms with Crippen molar-refractivity contribution in [2.24, 2.45) is 0 Å². The number of nitrogens with zero attached hydrogens (tertiary/aromatic N) is 4. The molecular formula is C23H24N4O4S. The van der Waals surface area contributed by atoms with Crippen molar-refractivity contribution in [3.8, 4) is 28.6 Å². The summed E-state index contributed by atoms with van der Waals surface area (Å²) in [6.45, 7) is 5.94. The Labute approximate surface area is 190 Å². The Balaban J connectivity index is 1.90. The molecule has 1 unspecified atom stereocenters. The van der Waals surface area contributed by atoms with Crippen LogP contribution in [-0.2, 0) is 4.79 Å². The number of methoxy groups -OCH3 is 1. The van der Waals surface area contributed by atoms with Crippen LogP contribution >= 0.6 is 11.8 Å². The van der Waals surface area contributed by atoms with Gasteiger partial charge in [0.15, 0.2) is 17.2 Å². The van der Waals surface area contributed by atoms with Crippen LogP contribution in [0, 0.1) is 0 Å². The number of carbonyl (C=O) groups is 1. The van der Waals surface area contributed by atoms with Gasteiger partial charge in [0.1, 0.15) is 0 Å². The van der Waals surface area contributed by atoms with E-state index in [1.807, 2.05) is 56.3 Å². The summed E-state index contributed by atoms with van der Waals surface area (Å²) in [4.78, 5) is 19.1. The first-order valence-electron chi connectivity index (χ1n) is 10.3. The molecule has 166 valence electrons. The molecular weight excluding hydrogens is 428 g/mol. The van der Waals surface area contributed by atoms with E-state index in [0.717, 1.165) is 11.3 Å². The van der Waals surface area contributed by atoms with Crippen LogP contribution in [0.25, 0.3) is 11.3 Å². The van der Waals surface area contributed by atoms with Gasteiger partial charge in [-0.2, -0.15) is 4.98 Å². The highest BCUT2D eigenvalue weighted by Gasteiger charge is 2.35. The fourth-order valence-corrected chi connectivity index (χ4v) is 4.08. The first-order valence-corrected chi connectivity index (χ1v) is 11.3. The summed E-state index contributed by atoms with van der Waals surface area (Å²) in [6, 6.07) is 13.0. The van der Waals surface area contributed by atoms with Gasteiger partial charge in [0.05, 0.1) is 19.4 Å². The Hall–Kier alpha value is -3.33. The summed E-state index contributed by atoms with van der Waals surface area (Å²) in [5.74, 6) is 2.12. The lowest BCUT2D eigenvalue weighted by Gasteiger charge is -2.30. The first kappa shape index (κ1) is 21.9. The van der Waals surface area contributed by atoms with Crippen LogP contribution in [0.2, 0.25) is 0 Å². The molecule has 9 heteroatoms. The smallest absolute Gasteiger partial charge is 0.247 e. The molecule has 0 aliphatic carbocycles. The van der Waals surface area contributed by atoms with E-state index in [1.165, 1.54) is 18.7 Å². The van der Waals surface area contributed by atoms with Gasteiger partial charge in [0.2, 0.25) is 23.2 Å². The van der Waals surface area contributed by atoms with Gasteiger partial charge in [-0.15, -0.1) is 10.2 Å². The number of amides is 1. The number of fused-ring (bicyclic) bond motifs is 3. The van der Waals surface area contributed by atoms with E-state index in [9.17, 15) is 4.79 Å². The summed E-state index contributed by atoms with van der Waals surface area (Å²) in [5.41, 5.74) is 2.61. The number of para-hydroxylation sites is 1. The normalized spacial score (nSPS) is 14.6. The maximum Gasteiger partial charge on any atom is 0.247 e. The van der Waals surface area contributed by atoms with Crippen molar-refractivity contribution in [1.29, 1.82) is 0 Å². The zero-order chi connectivity index (χ0) is 22.7. The van der Waals surface area contributed by atoms with Crippen molar-refractivity contribution >= 4 is 23.4 Å². The number of aromatic nitrogens is 3. The van der Waals surface area contributed by atoms with Gasteiger partial charge >= 0.3 is 0 Å². The van der Waals surface area contributed by atoms with Gasteiger partial charge in [-0.1, -0.05) is 36.9 Å². The second-order valence-electron chi connectivity index (χ2n) is 6.90. The molecule has 8 nitrogen and oxygen atoms in total. The van der Waals surface area contributed by atoms with Crippen molar-refractivity contribution in [3.05, 3.63) is 48.0 Å². The van der Waals surface area contributed by atoms with Crippen LogP contribution in [0.4, 0.5) is 5.69 Å². The highest BCUT2D eigenvalue weighted by atomic mass is 32.2. The number of thioether (sulfide) groups is 1. The average Bonchev–Trinajstić information content (AvgIpc) is 2.94. The highest BCUT2D eigenvalue weighted by Crippen LogP contribution is 2.44. The highest BCUT2D eigenvalue weighted by molar-refractivity contribution is 7.99. The Bertz CT molecular complexity index is 1140. The molecule has 32 heavy (non-hydrogen) atoms. The Morgan fingerprint density at radius 2 is 1.97 bits per heavy atom. The Kier molecular flexibility index (Phi) is 6.45. The summed E-state index contributed by atoms with van der Waals surface area (Å²) < 4.78 is 17.5. The molecule has 3 aromatic rings. The van der Waals surface area contributed by atoms with Crippen molar-refractivity contribution in [2.75, 3.05) is 24.4 Å². The maximum absolute atomic E-state index is 12.9. The predicted molar refractivity (Wildman–Crippen MR) is 122 cm³/mol. The number of carbonyl (C=O) groups excluding carboxylic acids is 1. The van der Waals surface area contributed by atoms with Crippen LogP contribution in [0.3, 0.4) is 0 Å². The number of ether oxygens (including phenoxy) is 3. The molecule has 0 N–H and O–H groups in total. The van der Waals surface area contributed by atoms with Gasteiger partial charge < -0.3 is 14.2 Å². The molecule has 1 aromatic heterocycles. The van der Waals surface area contributed by atoms with Crippen LogP contribution in [0.1, 0.15) is 32.6 Å². The monoisotopic (exact) mass is 452 g/mol. The molecule has 0 saturated carbocycles. The average molecular weight is 453 g/mol. The first-order chi connectivity index (χ1) is 15.6. The van der Waals surface area contributed by atoms with E-state index in [2.05, 4.69) is 15.2 Å². The van der Waals surface area contributed by atoms with Gasteiger partial charge in [-0.25, -0.2) is 0 Å². The van der Waals surface area contributed by atoms with Gasteiger partial charge in [-0.05, 0) is 36.9 Å². The van der Waals surface area contributed by atoms with E-state index in [0.29, 0.717) is 46.1 Å². The van der Waals surface area contributed by atoms with Crippen LogP contribution in [-0.4, -0.2) is 40.6 Å². The lowest BCUT2D eigenvalue weighted by Crippen LogP contribution is -2.36. The second-order valence-corrected chi connectivity index (χ2v) is 8.13. The van der Waals surface area contributed by atoms with Crippen molar-refractivity contribution in [2.45, 2.75) is 32.2 Å². The van der Waals surface area contributed by atoms with Gasteiger partial charge in [0.25, 0.3) is 0 Å². The van der Waals surface area contributed by atoms with Crippen LogP contribution in [0.5, 0.6) is 17.4 Å².